The summed E-state index contributed by atoms with van der Waals surface area (Å²) in [6.45, 7) is 0. The molecule has 0 amide bonds. The molecule has 0 saturated heterocycles. The van der Waals surface area contributed by atoms with Crippen molar-refractivity contribution in [3.8, 4) is 16.8 Å². The topological polar surface area (TPSA) is 89.0 Å². The van der Waals surface area contributed by atoms with Gasteiger partial charge in [0.15, 0.2) is 21.5 Å². The highest BCUT2D eigenvalue weighted by atomic mass is 32.2. The molecule has 0 atom stereocenters. The number of nitrogens with zero attached hydrogens (tertiary/aromatic N) is 1. The zero-order valence-corrected chi connectivity index (χ0v) is 14.2. The second-order valence-corrected chi connectivity index (χ2v) is 7.57. The van der Waals surface area contributed by atoms with Crippen molar-refractivity contribution in [2.24, 2.45) is 0 Å². The maximum absolute atomic E-state index is 13.3. The largest absolute Gasteiger partial charge is 0.318 e. The van der Waals surface area contributed by atoms with Crippen LogP contribution in [0.4, 0.5) is 8.78 Å². The summed E-state index contributed by atoms with van der Waals surface area (Å²) < 4.78 is 50.1. The predicted molar refractivity (Wildman–Crippen MR) is 91.1 cm³/mol. The van der Waals surface area contributed by atoms with E-state index in [1.54, 1.807) is 0 Å². The van der Waals surface area contributed by atoms with E-state index in [4.69, 9.17) is 0 Å². The second-order valence-electron chi connectivity index (χ2n) is 5.55. The van der Waals surface area contributed by atoms with Crippen LogP contribution in [-0.2, 0) is 9.84 Å². The van der Waals surface area contributed by atoms with E-state index in [1.807, 2.05) is 0 Å². The van der Waals surface area contributed by atoms with Crippen molar-refractivity contribution in [2.75, 3.05) is 6.26 Å². The molecule has 1 aromatic heterocycles. The molecule has 0 aliphatic rings. The summed E-state index contributed by atoms with van der Waals surface area (Å²) in [4.78, 5) is 24.7. The zero-order chi connectivity index (χ0) is 19.1. The van der Waals surface area contributed by atoms with E-state index in [0.717, 1.165) is 29.1 Å². The number of benzene rings is 2. The molecule has 3 rings (SSSR count). The van der Waals surface area contributed by atoms with Crippen molar-refractivity contribution in [1.29, 1.82) is 0 Å². The van der Waals surface area contributed by atoms with Gasteiger partial charge in [-0.25, -0.2) is 21.9 Å². The van der Waals surface area contributed by atoms with Gasteiger partial charge in [-0.2, -0.15) is 0 Å². The Hall–Kier alpha value is -3.07. The van der Waals surface area contributed by atoms with Gasteiger partial charge in [0.25, 0.3) is 5.43 Å². The van der Waals surface area contributed by atoms with Crippen LogP contribution < -0.4 is 11.0 Å². The molecule has 9 heteroatoms. The summed E-state index contributed by atoms with van der Waals surface area (Å²) in [5.41, 5.74) is -1.53. The maximum Gasteiger partial charge on any atom is 0.318 e. The molecule has 1 heterocycles. The second kappa shape index (κ2) is 6.34. The van der Waals surface area contributed by atoms with Gasteiger partial charge in [0.05, 0.1) is 16.1 Å². The number of hydrogen-bond donors (Lipinski definition) is 1. The molecule has 0 aliphatic carbocycles. The van der Waals surface area contributed by atoms with Gasteiger partial charge in [0.1, 0.15) is 0 Å². The highest BCUT2D eigenvalue weighted by Gasteiger charge is 2.13. The minimum atomic E-state index is -3.39. The highest BCUT2D eigenvalue weighted by Crippen LogP contribution is 2.18. The number of aromatic amines is 1. The molecule has 134 valence electrons. The van der Waals surface area contributed by atoms with E-state index >= 15 is 0 Å². The molecule has 0 radical (unpaired) electrons. The Kier molecular flexibility index (Phi) is 4.33. The molecule has 0 fully saturated rings. The van der Waals surface area contributed by atoms with E-state index < -0.39 is 32.5 Å². The van der Waals surface area contributed by atoms with Gasteiger partial charge in [-0.15, -0.1) is 0 Å². The summed E-state index contributed by atoms with van der Waals surface area (Å²) >= 11 is 0. The summed E-state index contributed by atoms with van der Waals surface area (Å²) in [5.74, 6) is -2.23. The van der Waals surface area contributed by atoms with Crippen LogP contribution in [0.1, 0.15) is 0 Å². The fourth-order valence-electron chi connectivity index (χ4n) is 2.38. The SMILES string of the molecule is CS(=O)(=O)c1ccc(-c2c[nH]n(-c3ccc(F)c(F)c3)c(=O)c2=O)cc1. The molecule has 6 nitrogen and oxygen atoms in total. The van der Waals surface area contributed by atoms with Gasteiger partial charge in [0, 0.05) is 18.5 Å². The Morgan fingerprint density at radius 1 is 0.962 bits per heavy atom. The van der Waals surface area contributed by atoms with Crippen LogP contribution >= 0.6 is 0 Å². The quantitative estimate of drug-likeness (QED) is 0.705. The van der Waals surface area contributed by atoms with Crippen molar-refractivity contribution in [3.05, 3.63) is 80.9 Å². The number of hydrogen-bond acceptors (Lipinski definition) is 4. The first-order chi connectivity index (χ1) is 12.2. The Labute approximate surface area is 146 Å². The molecule has 26 heavy (non-hydrogen) atoms. The number of halogens is 2. The monoisotopic (exact) mass is 378 g/mol. The third-order valence-electron chi connectivity index (χ3n) is 3.73. The average molecular weight is 378 g/mol. The van der Waals surface area contributed by atoms with Gasteiger partial charge in [-0.3, -0.25) is 14.7 Å². The third-order valence-corrected chi connectivity index (χ3v) is 4.86. The van der Waals surface area contributed by atoms with Crippen molar-refractivity contribution in [3.63, 3.8) is 0 Å². The molecule has 0 bridgehead atoms. The van der Waals surface area contributed by atoms with E-state index in [-0.39, 0.29) is 16.1 Å². The number of H-pyrrole nitrogens is 1. The van der Waals surface area contributed by atoms with Gasteiger partial charge >= 0.3 is 5.56 Å². The Morgan fingerprint density at radius 2 is 1.62 bits per heavy atom. The normalized spacial score (nSPS) is 11.5. The van der Waals surface area contributed by atoms with E-state index in [1.165, 1.54) is 30.5 Å². The molecule has 0 spiro atoms. The third kappa shape index (κ3) is 3.21. The summed E-state index contributed by atoms with van der Waals surface area (Å²) in [6, 6.07) is 8.23. The summed E-state index contributed by atoms with van der Waals surface area (Å²) in [7, 11) is -3.39. The molecule has 2 aromatic carbocycles. The van der Waals surface area contributed by atoms with E-state index in [9.17, 15) is 26.8 Å². The van der Waals surface area contributed by atoms with Crippen molar-refractivity contribution < 1.29 is 17.2 Å². The van der Waals surface area contributed by atoms with Crippen molar-refractivity contribution in [2.45, 2.75) is 4.90 Å². The Morgan fingerprint density at radius 3 is 2.19 bits per heavy atom. The van der Waals surface area contributed by atoms with Crippen molar-refractivity contribution in [1.82, 2.24) is 9.78 Å². The Balaban J connectivity index is 2.09. The predicted octanol–water partition coefficient (Wildman–Crippen LogP) is 1.87. The molecule has 1 N–H and O–H groups in total. The van der Waals surface area contributed by atoms with Crippen LogP contribution in [0.5, 0.6) is 0 Å². The van der Waals surface area contributed by atoms with E-state index in [0.29, 0.717) is 5.56 Å². The standard InChI is InChI=1S/C17H12F2N2O4S/c1-26(24,25)12-5-2-10(3-6-12)13-9-20-21(17(23)16(13)22)11-4-7-14(18)15(19)8-11/h2-9,20H,1H3. The lowest BCUT2D eigenvalue weighted by atomic mass is 10.1. The molecular weight excluding hydrogens is 366 g/mol. The van der Waals surface area contributed by atoms with Gasteiger partial charge in [-0.05, 0) is 29.8 Å². The first-order valence-corrected chi connectivity index (χ1v) is 9.18. The molecule has 0 aliphatic heterocycles. The molecule has 0 unspecified atom stereocenters. The molecular formula is C17H12F2N2O4S. The van der Waals surface area contributed by atoms with Crippen LogP contribution in [0.3, 0.4) is 0 Å². The van der Waals surface area contributed by atoms with Crippen LogP contribution in [0.2, 0.25) is 0 Å². The summed E-state index contributed by atoms with van der Waals surface area (Å²) in [5, 5.41) is 2.55. The Bertz CT molecular complexity index is 1210. The lowest BCUT2D eigenvalue weighted by Gasteiger charge is -2.08. The minimum absolute atomic E-state index is 0.0221. The lowest BCUT2D eigenvalue weighted by molar-refractivity contribution is 0.507. The fourth-order valence-corrected chi connectivity index (χ4v) is 3.01. The van der Waals surface area contributed by atoms with Gasteiger partial charge in [-0.1, -0.05) is 12.1 Å². The highest BCUT2D eigenvalue weighted by molar-refractivity contribution is 7.90. The van der Waals surface area contributed by atoms with Crippen LogP contribution in [0, 0.1) is 11.6 Å². The van der Waals surface area contributed by atoms with E-state index in [2.05, 4.69) is 5.10 Å². The van der Waals surface area contributed by atoms with Crippen LogP contribution in [0.15, 0.2) is 63.1 Å². The minimum Gasteiger partial charge on any atom is -0.298 e. The number of rotatable bonds is 3. The average Bonchev–Trinajstić information content (AvgIpc) is 2.59. The van der Waals surface area contributed by atoms with Crippen LogP contribution in [0.25, 0.3) is 16.8 Å². The smallest absolute Gasteiger partial charge is 0.298 e. The number of sulfone groups is 1. The fraction of sp³-hybridized carbons (Fsp3) is 0.0588. The summed E-state index contributed by atoms with van der Waals surface area (Å²) in [6.07, 6.45) is 2.29. The zero-order valence-electron chi connectivity index (χ0n) is 13.4. The van der Waals surface area contributed by atoms with Gasteiger partial charge < -0.3 is 0 Å². The van der Waals surface area contributed by atoms with Crippen LogP contribution in [-0.4, -0.2) is 24.5 Å². The first-order valence-electron chi connectivity index (χ1n) is 7.29. The molecule has 0 saturated carbocycles. The number of aromatic nitrogens is 2. The number of nitrogens with one attached hydrogen (secondary N) is 1. The van der Waals surface area contributed by atoms with Gasteiger partial charge in [0.2, 0.25) is 0 Å². The first kappa shape index (κ1) is 17.7. The molecule has 3 aromatic rings. The maximum atomic E-state index is 13.3. The van der Waals surface area contributed by atoms with Crippen molar-refractivity contribution >= 4 is 9.84 Å². The lowest BCUT2D eigenvalue weighted by Crippen LogP contribution is -2.35.